The number of carbonyl (C=O) groups is 1. The van der Waals surface area contributed by atoms with Crippen molar-refractivity contribution < 1.29 is 9.90 Å². The number of rotatable bonds is 3. The summed E-state index contributed by atoms with van der Waals surface area (Å²) >= 11 is 0. The van der Waals surface area contributed by atoms with E-state index in [1.165, 1.54) is 0 Å². The molecule has 0 aliphatic carbocycles. The molecule has 80 valence electrons. The van der Waals surface area contributed by atoms with Crippen LogP contribution >= 0.6 is 0 Å². The highest BCUT2D eigenvalue weighted by molar-refractivity contribution is 5.90. The van der Waals surface area contributed by atoms with Gasteiger partial charge in [-0.3, -0.25) is 9.69 Å². The molecule has 2 fully saturated rings. The molecule has 3 nitrogen and oxygen atoms in total. The molecule has 0 amide bonds. The Hall–Kier alpha value is -0.410. The maximum Gasteiger partial charge on any atom is 0.158 e. The van der Waals surface area contributed by atoms with Crippen molar-refractivity contribution in [2.24, 2.45) is 11.3 Å². The molecule has 1 unspecified atom stereocenters. The van der Waals surface area contributed by atoms with Gasteiger partial charge in [0.2, 0.25) is 0 Å². The van der Waals surface area contributed by atoms with E-state index in [2.05, 4.69) is 4.90 Å². The van der Waals surface area contributed by atoms with E-state index in [0.717, 1.165) is 25.9 Å². The maximum absolute atomic E-state index is 12.2. The molecule has 2 heterocycles. The smallest absolute Gasteiger partial charge is 0.158 e. The van der Waals surface area contributed by atoms with Gasteiger partial charge in [-0.15, -0.1) is 0 Å². The third kappa shape index (κ3) is 1.39. The number of nitrogens with zero attached hydrogens (tertiary/aromatic N) is 1. The van der Waals surface area contributed by atoms with E-state index in [4.69, 9.17) is 0 Å². The standard InChI is InChI=1S/C11H19NO2/c1-11(2,7-13)10(14)9-8-3-5-12(9)6-4-8/h8-9,13H,3-7H2,1-2H3. The molecular weight excluding hydrogens is 178 g/mol. The number of ketones is 1. The van der Waals surface area contributed by atoms with Crippen LogP contribution in [0.1, 0.15) is 26.7 Å². The number of aliphatic hydroxyl groups excluding tert-OH is 1. The normalized spacial score (nSPS) is 36.4. The highest BCUT2D eigenvalue weighted by atomic mass is 16.3. The van der Waals surface area contributed by atoms with Crippen LogP contribution in [0.25, 0.3) is 0 Å². The van der Waals surface area contributed by atoms with E-state index in [-0.39, 0.29) is 18.4 Å². The van der Waals surface area contributed by atoms with E-state index < -0.39 is 5.41 Å². The van der Waals surface area contributed by atoms with Crippen LogP contribution in [0.2, 0.25) is 0 Å². The fraction of sp³-hybridized carbons (Fsp3) is 0.909. The molecule has 2 aliphatic rings. The van der Waals surface area contributed by atoms with Crippen molar-refractivity contribution in [3.05, 3.63) is 0 Å². The maximum atomic E-state index is 12.2. The number of fused-ring (bicyclic) bond motifs is 2. The van der Waals surface area contributed by atoms with Crippen LogP contribution in [0, 0.1) is 11.3 Å². The van der Waals surface area contributed by atoms with Gasteiger partial charge in [-0.05, 0) is 31.8 Å². The van der Waals surface area contributed by atoms with E-state index in [0.29, 0.717) is 5.92 Å². The van der Waals surface area contributed by atoms with Gasteiger partial charge in [0.05, 0.1) is 12.6 Å². The lowest BCUT2D eigenvalue weighted by Gasteiger charge is -2.27. The lowest BCUT2D eigenvalue weighted by molar-refractivity contribution is -0.133. The van der Waals surface area contributed by atoms with Crippen molar-refractivity contribution in [3.63, 3.8) is 0 Å². The van der Waals surface area contributed by atoms with Gasteiger partial charge >= 0.3 is 0 Å². The second kappa shape index (κ2) is 3.31. The molecule has 3 heteroatoms. The molecule has 14 heavy (non-hydrogen) atoms. The summed E-state index contributed by atoms with van der Waals surface area (Å²) in [5.74, 6) is 0.799. The van der Waals surface area contributed by atoms with Crippen LogP contribution < -0.4 is 0 Å². The molecule has 2 rings (SSSR count). The number of piperidine rings is 1. The predicted octanol–water partition coefficient (Wildman–Crippen LogP) is 0.668. The third-order valence-electron chi connectivity index (χ3n) is 3.75. The van der Waals surface area contributed by atoms with Crippen LogP contribution in [0.15, 0.2) is 0 Å². The predicted molar refractivity (Wildman–Crippen MR) is 54.0 cm³/mol. The number of carbonyl (C=O) groups excluding carboxylic acids is 1. The Labute approximate surface area is 85.1 Å². The number of Topliss-reactive ketones (excluding diaryl/α,β-unsaturated/α-hetero) is 1. The monoisotopic (exact) mass is 197 g/mol. The molecule has 0 aromatic rings. The number of hydrogen-bond acceptors (Lipinski definition) is 3. The van der Waals surface area contributed by atoms with Crippen LogP contribution in [0.5, 0.6) is 0 Å². The zero-order chi connectivity index (χ0) is 10.3. The minimum Gasteiger partial charge on any atom is -0.395 e. The molecule has 0 aromatic heterocycles. The molecular formula is C11H19NO2. The Balaban J connectivity index is 2.13. The van der Waals surface area contributed by atoms with E-state index in [1.54, 1.807) is 0 Å². The van der Waals surface area contributed by atoms with Gasteiger partial charge < -0.3 is 5.11 Å². The number of hydrogen-bond donors (Lipinski definition) is 1. The zero-order valence-electron chi connectivity index (χ0n) is 8.99. The summed E-state index contributed by atoms with van der Waals surface area (Å²) < 4.78 is 0. The molecule has 0 saturated carbocycles. The quantitative estimate of drug-likeness (QED) is 0.723. The highest BCUT2D eigenvalue weighted by Gasteiger charge is 2.47. The van der Waals surface area contributed by atoms with E-state index >= 15 is 0 Å². The second-order valence-electron chi connectivity index (χ2n) is 5.22. The molecule has 2 saturated heterocycles. The zero-order valence-corrected chi connectivity index (χ0v) is 8.99. The first kappa shape index (κ1) is 10.1. The summed E-state index contributed by atoms with van der Waals surface area (Å²) in [5, 5.41) is 9.18. The Morgan fingerprint density at radius 1 is 1.43 bits per heavy atom. The fourth-order valence-electron chi connectivity index (χ4n) is 2.67. The first-order valence-electron chi connectivity index (χ1n) is 5.45. The largest absolute Gasteiger partial charge is 0.395 e. The van der Waals surface area contributed by atoms with Crippen LogP contribution in [0.4, 0.5) is 0 Å². The Morgan fingerprint density at radius 2 is 2.00 bits per heavy atom. The van der Waals surface area contributed by atoms with Gasteiger partial charge in [-0.2, -0.15) is 0 Å². The van der Waals surface area contributed by atoms with Gasteiger partial charge in [0, 0.05) is 5.41 Å². The van der Waals surface area contributed by atoms with Gasteiger partial charge in [0.25, 0.3) is 0 Å². The Bertz CT molecular complexity index is 230. The van der Waals surface area contributed by atoms with Crippen molar-refractivity contribution in [1.82, 2.24) is 4.90 Å². The SMILES string of the molecule is CC(C)(CO)C(=O)C1C2CCN1CC2. The molecule has 0 aromatic carbocycles. The van der Waals surface area contributed by atoms with Gasteiger partial charge in [-0.1, -0.05) is 13.8 Å². The summed E-state index contributed by atoms with van der Waals surface area (Å²) in [6.07, 6.45) is 2.33. The summed E-state index contributed by atoms with van der Waals surface area (Å²) in [7, 11) is 0. The number of aliphatic hydroxyl groups is 1. The topological polar surface area (TPSA) is 40.5 Å². The molecule has 0 spiro atoms. The Morgan fingerprint density at radius 3 is 2.36 bits per heavy atom. The van der Waals surface area contributed by atoms with Crippen molar-refractivity contribution >= 4 is 5.78 Å². The van der Waals surface area contributed by atoms with E-state index in [9.17, 15) is 9.90 Å². The molecule has 0 radical (unpaired) electrons. The van der Waals surface area contributed by atoms with Gasteiger partial charge in [0.1, 0.15) is 0 Å². The van der Waals surface area contributed by atoms with Crippen LogP contribution in [-0.4, -0.2) is 41.5 Å². The van der Waals surface area contributed by atoms with Crippen LogP contribution in [-0.2, 0) is 4.79 Å². The highest BCUT2D eigenvalue weighted by Crippen LogP contribution is 2.38. The van der Waals surface area contributed by atoms with E-state index in [1.807, 2.05) is 13.8 Å². The van der Waals surface area contributed by atoms with Crippen molar-refractivity contribution in [2.45, 2.75) is 32.7 Å². The van der Waals surface area contributed by atoms with Crippen molar-refractivity contribution in [2.75, 3.05) is 19.7 Å². The molecule has 2 aliphatic heterocycles. The lowest BCUT2D eigenvalue weighted by atomic mass is 9.81. The fourth-order valence-corrected chi connectivity index (χ4v) is 2.67. The summed E-state index contributed by atoms with van der Waals surface area (Å²) in [5.41, 5.74) is -0.560. The second-order valence-corrected chi connectivity index (χ2v) is 5.22. The molecule has 1 atom stereocenters. The lowest BCUT2D eigenvalue weighted by Crippen LogP contribution is -2.43. The van der Waals surface area contributed by atoms with Gasteiger partial charge in [-0.25, -0.2) is 0 Å². The average Bonchev–Trinajstić information content (AvgIpc) is 2.75. The first-order chi connectivity index (χ1) is 6.56. The van der Waals surface area contributed by atoms with Gasteiger partial charge in [0.15, 0.2) is 5.78 Å². The molecule has 1 N–H and O–H groups in total. The summed E-state index contributed by atoms with van der Waals surface area (Å²) in [4.78, 5) is 14.4. The Kier molecular flexibility index (Phi) is 2.40. The summed E-state index contributed by atoms with van der Waals surface area (Å²) in [6.45, 7) is 5.79. The first-order valence-corrected chi connectivity index (χ1v) is 5.45. The van der Waals surface area contributed by atoms with Crippen molar-refractivity contribution in [1.29, 1.82) is 0 Å². The minimum atomic E-state index is -0.560. The molecule has 2 bridgehead atoms. The minimum absolute atomic E-state index is 0.0388. The van der Waals surface area contributed by atoms with Crippen LogP contribution in [0.3, 0.4) is 0 Å². The summed E-state index contributed by atoms with van der Waals surface area (Å²) in [6, 6.07) is 0.108. The third-order valence-corrected chi connectivity index (χ3v) is 3.75. The van der Waals surface area contributed by atoms with Crippen molar-refractivity contribution in [3.8, 4) is 0 Å². The average molecular weight is 197 g/mol.